The van der Waals surface area contributed by atoms with E-state index >= 15 is 0 Å². The topological polar surface area (TPSA) is 182 Å². The van der Waals surface area contributed by atoms with Crippen molar-refractivity contribution in [3.05, 3.63) is 71.7 Å². The molecule has 4 aromatic rings. The number of hydrogen-bond donors (Lipinski definition) is 5. The predicted octanol–water partition coefficient (Wildman–Crippen LogP) is -0.719. The van der Waals surface area contributed by atoms with Gasteiger partial charge in [-0.1, -0.05) is 24.3 Å². The summed E-state index contributed by atoms with van der Waals surface area (Å²) in [6.45, 7) is 0.228. The number of carbonyl (C=O) groups is 2. The molecule has 0 radical (unpaired) electrons. The Morgan fingerprint density at radius 2 is 1.81 bits per heavy atom. The van der Waals surface area contributed by atoms with E-state index in [-0.39, 0.29) is 23.8 Å². The molecule has 0 fully saturated rings. The number of hydrogen-bond acceptors (Lipinski definition) is 8. The Morgan fingerprint density at radius 3 is 2.53 bits per heavy atom. The van der Waals surface area contributed by atoms with Crippen molar-refractivity contribution in [2.75, 3.05) is 5.32 Å². The van der Waals surface area contributed by atoms with Crippen LogP contribution in [0, 0.1) is 0 Å². The van der Waals surface area contributed by atoms with Gasteiger partial charge in [0.1, 0.15) is 5.82 Å². The Labute approximate surface area is 181 Å². The van der Waals surface area contributed by atoms with Crippen molar-refractivity contribution in [3.8, 4) is 11.6 Å². The molecular weight excluding hydrogens is 413 g/mol. The average molecular weight is 431 g/mol. The molecule has 3 heterocycles. The smallest absolute Gasteiger partial charge is 0.423 e. The van der Waals surface area contributed by atoms with Gasteiger partial charge < -0.3 is 26.8 Å². The van der Waals surface area contributed by atoms with E-state index in [0.717, 1.165) is 5.56 Å². The summed E-state index contributed by atoms with van der Waals surface area (Å²) in [5.74, 6) is -0.598. The number of fused-ring (bicyclic) bond motifs is 1. The maximum absolute atomic E-state index is 11.9. The molecule has 160 valence electrons. The second kappa shape index (κ2) is 8.45. The lowest BCUT2D eigenvalue weighted by Crippen LogP contribution is -2.30. The summed E-state index contributed by atoms with van der Waals surface area (Å²) >= 11 is 0. The van der Waals surface area contributed by atoms with E-state index in [2.05, 4.69) is 20.3 Å². The molecule has 0 atom stereocenters. The van der Waals surface area contributed by atoms with Crippen LogP contribution in [-0.2, 0) is 6.54 Å². The van der Waals surface area contributed by atoms with Gasteiger partial charge in [-0.25, -0.2) is 15.0 Å². The average Bonchev–Trinajstić information content (AvgIpc) is 3.21. The summed E-state index contributed by atoms with van der Waals surface area (Å²) in [6.07, 6.45) is 4.47. The van der Waals surface area contributed by atoms with Gasteiger partial charge in [0.2, 0.25) is 0 Å². The second-order valence-corrected chi connectivity index (χ2v) is 6.92. The van der Waals surface area contributed by atoms with Crippen LogP contribution in [0.15, 0.2) is 55.0 Å². The number of carbonyl (C=O) groups excluding carboxylic acids is 2. The fraction of sp³-hybridized carbons (Fsp3) is 0.0500. The van der Waals surface area contributed by atoms with E-state index in [1.807, 2.05) is 0 Å². The first-order chi connectivity index (χ1) is 15.3. The van der Waals surface area contributed by atoms with Crippen LogP contribution in [-0.4, -0.2) is 48.3 Å². The molecule has 32 heavy (non-hydrogen) atoms. The molecule has 0 bridgehead atoms. The van der Waals surface area contributed by atoms with Crippen LogP contribution in [0.3, 0.4) is 0 Å². The fourth-order valence-electron chi connectivity index (χ4n) is 3.25. The zero-order valence-electron chi connectivity index (χ0n) is 16.6. The van der Waals surface area contributed by atoms with Crippen LogP contribution in [0.1, 0.15) is 26.3 Å². The van der Waals surface area contributed by atoms with Crippen molar-refractivity contribution in [1.82, 2.24) is 19.4 Å². The molecule has 0 aliphatic heterocycles. The number of nitrogens with two attached hydrogens (primary N) is 2. The van der Waals surface area contributed by atoms with E-state index in [9.17, 15) is 19.6 Å². The van der Waals surface area contributed by atoms with E-state index in [1.54, 1.807) is 47.0 Å². The van der Waals surface area contributed by atoms with Gasteiger partial charge in [0.05, 0.1) is 22.8 Å². The van der Waals surface area contributed by atoms with E-state index < -0.39 is 18.9 Å². The molecule has 0 saturated heterocycles. The first kappa shape index (κ1) is 21.0. The van der Waals surface area contributed by atoms with E-state index in [1.165, 1.54) is 12.4 Å². The Hall–Kier alpha value is -4.29. The van der Waals surface area contributed by atoms with Gasteiger partial charge in [-0.2, -0.15) is 0 Å². The normalized spacial score (nSPS) is 10.8. The third kappa shape index (κ3) is 3.99. The number of nitrogens with zero attached hydrogens (tertiary/aromatic N) is 4. The molecule has 0 saturated carbocycles. The maximum Gasteiger partial charge on any atom is 0.488 e. The maximum atomic E-state index is 11.9. The molecule has 3 aromatic heterocycles. The van der Waals surface area contributed by atoms with Crippen molar-refractivity contribution in [3.63, 3.8) is 0 Å². The lowest BCUT2D eigenvalue weighted by Gasteiger charge is -2.11. The van der Waals surface area contributed by atoms with Gasteiger partial charge in [-0.15, -0.1) is 0 Å². The number of aromatic nitrogens is 4. The first-order valence-corrected chi connectivity index (χ1v) is 9.47. The van der Waals surface area contributed by atoms with Crippen molar-refractivity contribution in [2.24, 2.45) is 11.5 Å². The van der Waals surface area contributed by atoms with Crippen molar-refractivity contribution in [1.29, 1.82) is 0 Å². The summed E-state index contributed by atoms with van der Waals surface area (Å²) in [6, 6.07) is 9.88. The standard InChI is InChI=1S/C20H18BN7O4/c22-16(29)13-5-2-6-28-15(13)10-26-20(28)19-25-9-14(17(23)30)18(27-19)24-8-11-3-1-4-12(7-11)21(31)32/h1-7,9-10,31-32H,8H2,(H2,22,29)(H2,23,30)(H,24,25,27). The van der Waals surface area contributed by atoms with Gasteiger partial charge in [-0.3, -0.25) is 14.0 Å². The van der Waals surface area contributed by atoms with Crippen LogP contribution >= 0.6 is 0 Å². The quantitative estimate of drug-likeness (QED) is 0.238. The molecule has 0 aliphatic rings. The Balaban J connectivity index is 1.71. The number of primary amides is 2. The minimum Gasteiger partial charge on any atom is -0.423 e. The first-order valence-electron chi connectivity index (χ1n) is 9.47. The van der Waals surface area contributed by atoms with Gasteiger partial charge in [0, 0.05) is 18.9 Å². The zero-order valence-corrected chi connectivity index (χ0v) is 16.6. The summed E-state index contributed by atoms with van der Waals surface area (Å²) in [5, 5.41) is 21.7. The highest BCUT2D eigenvalue weighted by Gasteiger charge is 2.18. The minimum absolute atomic E-state index is 0.0748. The Kier molecular flexibility index (Phi) is 5.54. The van der Waals surface area contributed by atoms with Crippen LogP contribution in [0.2, 0.25) is 0 Å². The molecule has 0 spiro atoms. The van der Waals surface area contributed by atoms with E-state index in [0.29, 0.717) is 22.4 Å². The van der Waals surface area contributed by atoms with Crippen LogP contribution < -0.4 is 22.2 Å². The van der Waals surface area contributed by atoms with Gasteiger partial charge in [0.15, 0.2) is 11.6 Å². The van der Waals surface area contributed by atoms with Gasteiger partial charge in [0.25, 0.3) is 11.8 Å². The molecule has 2 amide bonds. The SMILES string of the molecule is NC(=O)c1cnc(-c2ncc3c(C(N)=O)cccn23)nc1NCc1cccc(B(O)O)c1. The number of nitrogens with one attached hydrogen (secondary N) is 1. The molecule has 7 N–H and O–H groups in total. The van der Waals surface area contributed by atoms with E-state index in [4.69, 9.17) is 11.5 Å². The lowest BCUT2D eigenvalue weighted by molar-refractivity contribution is 0.0992. The highest BCUT2D eigenvalue weighted by atomic mass is 16.4. The number of anilines is 1. The molecular formula is C20H18BN7O4. The number of pyridine rings is 1. The van der Waals surface area contributed by atoms with Crippen LogP contribution in [0.5, 0.6) is 0 Å². The van der Waals surface area contributed by atoms with Crippen LogP contribution in [0.25, 0.3) is 17.2 Å². The number of amides is 2. The monoisotopic (exact) mass is 431 g/mol. The Morgan fingerprint density at radius 1 is 1.03 bits per heavy atom. The summed E-state index contributed by atoms with van der Waals surface area (Å²) in [7, 11) is -1.60. The summed E-state index contributed by atoms with van der Waals surface area (Å²) in [4.78, 5) is 36.5. The van der Waals surface area contributed by atoms with Crippen molar-refractivity contribution >= 4 is 35.7 Å². The molecule has 1 aromatic carbocycles. The van der Waals surface area contributed by atoms with Crippen molar-refractivity contribution in [2.45, 2.75) is 6.54 Å². The second-order valence-electron chi connectivity index (χ2n) is 6.92. The molecule has 12 heteroatoms. The summed E-state index contributed by atoms with van der Waals surface area (Å²) in [5.41, 5.74) is 12.8. The minimum atomic E-state index is -1.60. The molecule has 11 nitrogen and oxygen atoms in total. The summed E-state index contributed by atoms with van der Waals surface area (Å²) < 4.78 is 1.62. The number of rotatable bonds is 7. The van der Waals surface area contributed by atoms with Gasteiger partial charge >= 0.3 is 7.12 Å². The Bertz CT molecular complexity index is 1340. The van der Waals surface area contributed by atoms with Crippen LogP contribution in [0.4, 0.5) is 5.82 Å². The third-order valence-electron chi connectivity index (χ3n) is 4.80. The number of benzene rings is 1. The number of imidazole rings is 1. The molecule has 0 unspecified atom stereocenters. The fourth-order valence-corrected chi connectivity index (χ4v) is 3.25. The largest absolute Gasteiger partial charge is 0.488 e. The predicted molar refractivity (Wildman–Crippen MR) is 117 cm³/mol. The molecule has 0 aliphatic carbocycles. The lowest BCUT2D eigenvalue weighted by atomic mass is 9.80. The highest BCUT2D eigenvalue weighted by molar-refractivity contribution is 6.58. The third-order valence-corrected chi connectivity index (χ3v) is 4.80. The highest BCUT2D eigenvalue weighted by Crippen LogP contribution is 2.22. The molecule has 4 rings (SSSR count). The van der Waals surface area contributed by atoms with Gasteiger partial charge in [-0.05, 0) is 23.2 Å². The zero-order chi connectivity index (χ0) is 22.8. The van der Waals surface area contributed by atoms with Crippen molar-refractivity contribution < 1.29 is 19.6 Å².